The van der Waals surface area contributed by atoms with Crippen molar-refractivity contribution in [1.82, 2.24) is 5.32 Å². The van der Waals surface area contributed by atoms with Crippen LogP contribution in [0, 0.1) is 0 Å². The van der Waals surface area contributed by atoms with Gasteiger partial charge in [-0.15, -0.1) is 0 Å². The number of ether oxygens (including phenoxy) is 1. The molecule has 2 rings (SSSR count). The van der Waals surface area contributed by atoms with Gasteiger partial charge in [-0.25, -0.2) is 8.78 Å². The minimum Gasteiger partial charge on any atom is -0.490 e. The van der Waals surface area contributed by atoms with Crippen LogP contribution in [0.4, 0.5) is 8.78 Å². The van der Waals surface area contributed by atoms with Gasteiger partial charge in [-0.05, 0) is 50.2 Å². The lowest BCUT2D eigenvalue weighted by molar-refractivity contribution is 0.0174. The summed E-state index contributed by atoms with van der Waals surface area (Å²) in [5.41, 5.74) is 0.0233. The van der Waals surface area contributed by atoms with Gasteiger partial charge in [0, 0.05) is 12.5 Å². The van der Waals surface area contributed by atoms with E-state index in [1.165, 1.54) is 12.1 Å². The van der Waals surface area contributed by atoms with Gasteiger partial charge in [0.05, 0.1) is 0 Å². The summed E-state index contributed by atoms with van der Waals surface area (Å²) in [6, 6.07) is 6.09. The summed E-state index contributed by atoms with van der Waals surface area (Å²) in [6.45, 7) is 2.81. The Hall–Kier alpha value is -1.16. The summed E-state index contributed by atoms with van der Waals surface area (Å²) >= 11 is 0. The summed E-state index contributed by atoms with van der Waals surface area (Å²) in [7, 11) is 0. The molecule has 4 heteroatoms. The van der Waals surface area contributed by atoms with Crippen LogP contribution >= 0.6 is 0 Å². The van der Waals surface area contributed by atoms with Crippen LogP contribution in [-0.4, -0.2) is 19.2 Å². The van der Waals surface area contributed by atoms with E-state index < -0.39 is 5.92 Å². The van der Waals surface area contributed by atoms with Crippen LogP contribution < -0.4 is 10.1 Å². The Morgan fingerprint density at radius 2 is 1.76 bits per heavy atom. The fourth-order valence-electron chi connectivity index (χ4n) is 1.93. The first kappa shape index (κ1) is 12.3. The molecule has 2 nitrogen and oxygen atoms in total. The van der Waals surface area contributed by atoms with E-state index in [0.717, 1.165) is 32.9 Å². The Kier molecular flexibility index (Phi) is 3.62. The normalized spacial score (nSPS) is 18.1. The quantitative estimate of drug-likeness (QED) is 0.878. The number of hydrogen-bond acceptors (Lipinski definition) is 2. The minimum atomic E-state index is -2.78. The largest absolute Gasteiger partial charge is 0.490 e. The van der Waals surface area contributed by atoms with E-state index in [1.54, 1.807) is 12.1 Å². The topological polar surface area (TPSA) is 21.3 Å². The van der Waals surface area contributed by atoms with Crippen molar-refractivity contribution in [2.24, 2.45) is 0 Å². The molecule has 0 spiro atoms. The molecule has 1 fully saturated rings. The zero-order valence-electron chi connectivity index (χ0n) is 9.88. The highest BCUT2D eigenvalue weighted by Gasteiger charge is 2.24. The Bertz CT molecular complexity index is 353. The molecule has 0 bridgehead atoms. The predicted octanol–water partition coefficient (Wildman–Crippen LogP) is 2.93. The third-order valence-corrected chi connectivity index (χ3v) is 2.95. The monoisotopic (exact) mass is 241 g/mol. The highest BCUT2D eigenvalue weighted by molar-refractivity contribution is 5.29. The van der Waals surface area contributed by atoms with Gasteiger partial charge >= 0.3 is 0 Å². The molecule has 1 aromatic carbocycles. The Morgan fingerprint density at radius 3 is 2.29 bits per heavy atom. The van der Waals surface area contributed by atoms with Crippen molar-refractivity contribution < 1.29 is 13.5 Å². The first-order valence-corrected chi connectivity index (χ1v) is 5.91. The first-order valence-electron chi connectivity index (χ1n) is 5.91. The molecule has 0 aromatic heterocycles. The van der Waals surface area contributed by atoms with Crippen LogP contribution in [0.2, 0.25) is 0 Å². The van der Waals surface area contributed by atoms with E-state index in [4.69, 9.17) is 4.74 Å². The van der Waals surface area contributed by atoms with Crippen molar-refractivity contribution in [2.45, 2.75) is 31.8 Å². The summed E-state index contributed by atoms with van der Waals surface area (Å²) in [4.78, 5) is 0. The third kappa shape index (κ3) is 3.40. The molecular formula is C13H17F2NO. The van der Waals surface area contributed by atoms with Gasteiger partial charge < -0.3 is 10.1 Å². The number of piperidine rings is 1. The standard InChI is InChI=1S/C13H17F2NO/c1-13(14,15)10-2-4-11(5-3-10)17-12-6-8-16-9-7-12/h2-5,12,16H,6-9H2,1H3. The van der Waals surface area contributed by atoms with Crippen LogP contribution in [0.25, 0.3) is 0 Å². The minimum absolute atomic E-state index is 0.0233. The molecule has 1 aliphatic rings. The molecular weight excluding hydrogens is 224 g/mol. The van der Waals surface area contributed by atoms with E-state index >= 15 is 0 Å². The zero-order chi connectivity index (χ0) is 12.3. The molecule has 1 aromatic rings. The van der Waals surface area contributed by atoms with Gasteiger partial charge in [0.25, 0.3) is 5.92 Å². The molecule has 1 heterocycles. The van der Waals surface area contributed by atoms with Crippen molar-refractivity contribution >= 4 is 0 Å². The summed E-state index contributed by atoms with van der Waals surface area (Å²) in [5.74, 6) is -2.11. The Morgan fingerprint density at radius 1 is 1.18 bits per heavy atom. The summed E-state index contributed by atoms with van der Waals surface area (Å²) < 4.78 is 31.7. The number of nitrogens with one attached hydrogen (secondary N) is 1. The van der Waals surface area contributed by atoms with Gasteiger partial charge in [0.15, 0.2) is 0 Å². The maximum Gasteiger partial charge on any atom is 0.270 e. The van der Waals surface area contributed by atoms with Gasteiger partial charge in [0.2, 0.25) is 0 Å². The maximum atomic E-state index is 13.0. The van der Waals surface area contributed by atoms with E-state index in [-0.39, 0.29) is 11.7 Å². The van der Waals surface area contributed by atoms with E-state index in [0.29, 0.717) is 5.75 Å². The first-order chi connectivity index (χ1) is 8.05. The fourth-order valence-corrected chi connectivity index (χ4v) is 1.93. The van der Waals surface area contributed by atoms with Crippen molar-refractivity contribution in [3.63, 3.8) is 0 Å². The summed E-state index contributed by atoms with van der Waals surface area (Å²) in [5, 5.41) is 3.25. The lowest BCUT2D eigenvalue weighted by Gasteiger charge is -2.24. The number of benzene rings is 1. The molecule has 0 radical (unpaired) electrons. The van der Waals surface area contributed by atoms with Crippen molar-refractivity contribution in [3.8, 4) is 5.75 Å². The van der Waals surface area contributed by atoms with Crippen LogP contribution in [-0.2, 0) is 5.92 Å². The second-order valence-corrected chi connectivity index (χ2v) is 4.48. The summed E-state index contributed by atoms with van der Waals surface area (Å²) in [6.07, 6.45) is 2.13. The predicted molar refractivity (Wildman–Crippen MR) is 62.5 cm³/mol. The van der Waals surface area contributed by atoms with Crippen molar-refractivity contribution in [3.05, 3.63) is 29.8 Å². The number of hydrogen-bond donors (Lipinski definition) is 1. The highest BCUT2D eigenvalue weighted by atomic mass is 19.3. The molecule has 1 aliphatic heterocycles. The Labute approximate surface area is 100.0 Å². The highest BCUT2D eigenvalue weighted by Crippen LogP contribution is 2.28. The van der Waals surface area contributed by atoms with Gasteiger partial charge in [-0.2, -0.15) is 0 Å². The number of halogens is 2. The van der Waals surface area contributed by atoms with Crippen LogP contribution in [0.3, 0.4) is 0 Å². The Balaban J connectivity index is 1.98. The molecule has 1 N–H and O–H groups in total. The van der Waals surface area contributed by atoms with E-state index in [1.807, 2.05) is 0 Å². The van der Waals surface area contributed by atoms with Crippen molar-refractivity contribution in [1.29, 1.82) is 0 Å². The smallest absolute Gasteiger partial charge is 0.270 e. The molecule has 1 saturated heterocycles. The van der Waals surface area contributed by atoms with E-state index in [9.17, 15) is 8.78 Å². The number of alkyl halides is 2. The molecule has 0 atom stereocenters. The molecule has 0 unspecified atom stereocenters. The van der Waals surface area contributed by atoms with Crippen molar-refractivity contribution in [2.75, 3.05) is 13.1 Å². The molecule has 0 amide bonds. The average Bonchev–Trinajstić information content (AvgIpc) is 2.30. The maximum absolute atomic E-state index is 13.0. The molecule has 94 valence electrons. The molecule has 0 aliphatic carbocycles. The zero-order valence-corrected chi connectivity index (χ0v) is 9.88. The third-order valence-electron chi connectivity index (χ3n) is 2.95. The fraction of sp³-hybridized carbons (Fsp3) is 0.538. The van der Waals surface area contributed by atoms with Gasteiger partial charge in [0.1, 0.15) is 11.9 Å². The molecule has 0 saturated carbocycles. The van der Waals surface area contributed by atoms with Crippen LogP contribution in [0.5, 0.6) is 5.75 Å². The molecule has 17 heavy (non-hydrogen) atoms. The van der Waals surface area contributed by atoms with Gasteiger partial charge in [-0.3, -0.25) is 0 Å². The van der Waals surface area contributed by atoms with Crippen LogP contribution in [0.1, 0.15) is 25.3 Å². The van der Waals surface area contributed by atoms with Gasteiger partial charge in [-0.1, -0.05) is 0 Å². The second-order valence-electron chi connectivity index (χ2n) is 4.48. The number of rotatable bonds is 3. The second kappa shape index (κ2) is 5.00. The SMILES string of the molecule is CC(F)(F)c1ccc(OC2CCNCC2)cc1. The lowest BCUT2D eigenvalue weighted by atomic mass is 10.1. The lowest BCUT2D eigenvalue weighted by Crippen LogP contribution is -2.34. The van der Waals surface area contributed by atoms with Crippen LogP contribution in [0.15, 0.2) is 24.3 Å². The van der Waals surface area contributed by atoms with E-state index in [2.05, 4.69) is 5.32 Å². The average molecular weight is 241 g/mol.